The normalized spacial score (nSPS) is 31.6. The third-order valence-corrected chi connectivity index (χ3v) is 13.7. The molecular formula is C32H41N7O4S. The Morgan fingerprint density at radius 3 is 2.23 bits per heavy atom. The largest absolute Gasteiger partial charge is 0.369 e. The van der Waals surface area contributed by atoms with E-state index in [4.69, 9.17) is 10.7 Å². The third kappa shape index (κ3) is 4.63. The first-order valence-corrected chi connectivity index (χ1v) is 17.7. The van der Waals surface area contributed by atoms with Crippen molar-refractivity contribution in [3.05, 3.63) is 42.6 Å². The molecule has 11 nitrogen and oxygen atoms in total. The van der Waals surface area contributed by atoms with Crippen molar-refractivity contribution in [1.29, 1.82) is 0 Å². The van der Waals surface area contributed by atoms with Gasteiger partial charge in [0.1, 0.15) is 5.82 Å². The number of hydrogen-bond donors (Lipinski definition) is 2. The van der Waals surface area contributed by atoms with Crippen LogP contribution < -0.4 is 25.8 Å². The minimum Gasteiger partial charge on any atom is -0.369 e. The van der Waals surface area contributed by atoms with Crippen LogP contribution in [0.5, 0.6) is 0 Å². The summed E-state index contributed by atoms with van der Waals surface area (Å²) >= 11 is 0. The molecule has 9 rings (SSSR count). The van der Waals surface area contributed by atoms with Crippen molar-refractivity contribution in [3.63, 3.8) is 0 Å². The van der Waals surface area contributed by atoms with Gasteiger partial charge in [0, 0.05) is 50.7 Å². The quantitative estimate of drug-likeness (QED) is 0.508. The number of rotatable bonds is 6. The molecule has 6 fully saturated rings. The minimum atomic E-state index is -3.14. The Bertz CT molecular complexity index is 1560. The van der Waals surface area contributed by atoms with Crippen LogP contribution in [0.2, 0.25) is 0 Å². The maximum Gasteiger partial charge on any atom is 0.322 e. The Balaban J connectivity index is 0.946. The van der Waals surface area contributed by atoms with Crippen LogP contribution in [0.25, 0.3) is 0 Å². The molecule has 5 aliphatic carbocycles. The SMILES string of the molecule is NC(=O)C12CC3C[C@H](C1)C(NC(=O)N1CCN(c4ccc(N5CCN(S(=O)(=O)C6CC6)CC5)nc4)c4ccccc41)[C@@H](C3)C2. The number of benzene rings is 1. The van der Waals surface area contributed by atoms with Crippen LogP contribution in [0.1, 0.15) is 44.9 Å². The van der Waals surface area contributed by atoms with E-state index in [1.807, 2.05) is 41.4 Å². The Morgan fingerprint density at radius 2 is 1.59 bits per heavy atom. The van der Waals surface area contributed by atoms with Crippen molar-refractivity contribution in [3.8, 4) is 0 Å². The molecule has 3 amide bonds. The first kappa shape index (κ1) is 28.1. The van der Waals surface area contributed by atoms with E-state index in [9.17, 15) is 18.0 Å². The van der Waals surface area contributed by atoms with Gasteiger partial charge in [0.25, 0.3) is 0 Å². The summed E-state index contributed by atoms with van der Waals surface area (Å²) in [5.41, 5.74) is 8.28. The van der Waals surface area contributed by atoms with E-state index in [-0.39, 0.29) is 28.6 Å². The summed E-state index contributed by atoms with van der Waals surface area (Å²) < 4.78 is 26.9. The van der Waals surface area contributed by atoms with E-state index in [2.05, 4.69) is 21.2 Å². The molecule has 1 saturated heterocycles. The predicted molar refractivity (Wildman–Crippen MR) is 168 cm³/mol. The number of urea groups is 1. The molecule has 5 saturated carbocycles. The number of sulfonamides is 1. The van der Waals surface area contributed by atoms with Gasteiger partial charge in [-0.15, -0.1) is 0 Å². The molecule has 3 heterocycles. The molecule has 3 N–H and O–H groups in total. The van der Waals surface area contributed by atoms with E-state index in [1.165, 1.54) is 0 Å². The van der Waals surface area contributed by atoms with Crippen LogP contribution in [0.15, 0.2) is 42.6 Å². The highest BCUT2D eigenvalue weighted by atomic mass is 32.2. The second-order valence-electron chi connectivity index (χ2n) is 13.9. The fraction of sp³-hybridized carbons (Fsp3) is 0.594. The summed E-state index contributed by atoms with van der Waals surface area (Å²) in [5, 5.41) is 3.23. The van der Waals surface area contributed by atoms with Crippen LogP contribution in [-0.4, -0.2) is 80.2 Å². The van der Waals surface area contributed by atoms with Crippen molar-refractivity contribution in [2.45, 2.75) is 56.2 Å². The molecule has 234 valence electrons. The summed E-state index contributed by atoms with van der Waals surface area (Å²) in [6, 6.07) is 12.1. The van der Waals surface area contributed by atoms with E-state index >= 15 is 0 Å². The molecule has 1 aromatic heterocycles. The number of piperazine rings is 1. The van der Waals surface area contributed by atoms with Crippen molar-refractivity contribution < 1.29 is 18.0 Å². The highest BCUT2D eigenvalue weighted by Crippen LogP contribution is 2.60. The van der Waals surface area contributed by atoms with E-state index in [0.717, 1.165) is 67.8 Å². The number of fused-ring (bicyclic) bond motifs is 1. The molecule has 2 aliphatic heterocycles. The number of para-hydroxylation sites is 2. The van der Waals surface area contributed by atoms with Gasteiger partial charge in [-0.2, -0.15) is 4.31 Å². The van der Waals surface area contributed by atoms with Gasteiger partial charge in [0.2, 0.25) is 15.9 Å². The van der Waals surface area contributed by atoms with E-state index < -0.39 is 10.0 Å². The average Bonchev–Trinajstić information content (AvgIpc) is 3.89. The summed E-state index contributed by atoms with van der Waals surface area (Å²) in [6.07, 6.45) is 8.09. The lowest BCUT2D eigenvalue weighted by Crippen LogP contribution is -2.63. The Morgan fingerprint density at radius 1 is 0.886 bits per heavy atom. The highest BCUT2D eigenvalue weighted by molar-refractivity contribution is 7.90. The van der Waals surface area contributed by atoms with Gasteiger partial charge in [-0.05, 0) is 87.0 Å². The molecule has 3 unspecified atom stereocenters. The molecule has 0 radical (unpaired) electrons. The number of nitrogens with two attached hydrogens (primary N) is 1. The minimum absolute atomic E-state index is 0.0704. The first-order chi connectivity index (χ1) is 21.2. The number of nitrogens with zero attached hydrogens (tertiary/aromatic N) is 5. The van der Waals surface area contributed by atoms with E-state index in [0.29, 0.717) is 57.0 Å². The molecule has 44 heavy (non-hydrogen) atoms. The van der Waals surface area contributed by atoms with Crippen molar-refractivity contribution in [2.75, 3.05) is 54.0 Å². The number of anilines is 4. The molecular weight excluding hydrogens is 578 g/mol. The summed E-state index contributed by atoms with van der Waals surface area (Å²) in [5.74, 6) is 1.85. The first-order valence-electron chi connectivity index (χ1n) is 16.2. The van der Waals surface area contributed by atoms with Gasteiger partial charge < -0.3 is 20.9 Å². The van der Waals surface area contributed by atoms with Gasteiger partial charge in [-0.1, -0.05) is 12.1 Å². The van der Waals surface area contributed by atoms with Crippen LogP contribution in [0.3, 0.4) is 0 Å². The number of carbonyl (C=O) groups excluding carboxylic acids is 2. The zero-order chi connectivity index (χ0) is 30.2. The lowest BCUT2D eigenvalue weighted by atomic mass is 9.47. The van der Waals surface area contributed by atoms with Crippen molar-refractivity contribution in [2.24, 2.45) is 28.9 Å². The topological polar surface area (TPSA) is 132 Å². The molecule has 12 heteroatoms. The fourth-order valence-electron chi connectivity index (χ4n) is 9.10. The van der Waals surface area contributed by atoms with Crippen LogP contribution in [0.4, 0.5) is 27.7 Å². The summed E-state index contributed by atoms with van der Waals surface area (Å²) in [6.45, 7) is 3.41. The number of nitrogens with one attached hydrogen (secondary N) is 1. The predicted octanol–water partition coefficient (Wildman–Crippen LogP) is 3.04. The van der Waals surface area contributed by atoms with Crippen molar-refractivity contribution in [1.82, 2.24) is 14.6 Å². The number of amides is 3. The molecule has 7 aliphatic rings. The molecule has 1 aromatic carbocycles. The van der Waals surface area contributed by atoms with Crippen LogP contribution in [0, 0.1) is 23.2 Å². The van der Waals surface area contributed by atoms with Gasteiger partial charge in [0.15, 0.2) is 0 Å². The fourth-order valence-corrected chi connectivity index (χ4v) is 10.9. The Hall–Kier alpha value is -3.38. The number of aromatic nitrogens is 1. The summed E-state index contributed by atoms with van der Waals surface area (Å²) in [4.78, 5) is 37.2. The molecule has 2 aromatic rings. The molecule has 5 atom stereocenters. The third-order valence-electron chi connectivity index (χ3n) is 11.3. The number of pyridine rings is 1. The monoisotopic (exact) mass is 619 g/mol. The van der Waals surface area contributed by atoms with Gasteiger partial charge in [-0.3, -0.25) is 9.69 Å². The number of hydrogen-bond acceptors (Lipinski definition) is 7. The lowest BCUT2D eigenvalue weighted by Gasteiger charge is -2.59. The van der Waals surface area contributed by atoms with Crippen LogP contribution in [-0.2, 0) is 14.8 Å². The van der Waals surface area contributed by atoms with Gasteiger partial charge in [0.05, 0.1) is 28.5 Å². The summed E-state index contributed by atoms with van der Waals surface area (Å²) in [7, 11) is -3.14. The van der Waals surface area contributed by atoms with Crippen molar-refractivity contribution >= 4 is 44.8 Å². The van der Waals surface area contributed by atoms with E-state index in [1.54, 1.807) is 4.31 Å². The highest BCUT2D eigenvalue weighted by Gasteiger charge is 2.58. The second kappa shape index (κ2) is 10.3. The smallest absolute Gasteiger partial charge is 0.322 e. The second-order valence-corrected chi connectivity index (χ2v) is 16.1. The van der Waals surface area contributed by atoms with Crippen LogP contribution >= 0.6 is 0 Å². The number of primary amides is 1. The maximum atomic E-state index is 13.8. The Labute approximate surface area is 258 Å². The molecule has 0 spiro atoms. The van der Waals surface area contributed by atoms with Gasteiger partial charge >= 0.3 is 6.03 Å². The molecule has 4 bridgehead atoms. The number of carbonyl (C=O) groups is 2. The Kier molecular flexibility index (Phi) is 6.60. The average molecular weight is 620 g/mol. The zero-order valence-corrected chi connectivity index (χ0v) is 25.8. The van der Waals surface area contributed by atoms with Gasteiger partial charge in [-0.25, -0.2) is 18.2 Å². The lowest BCUT2D eigenvalue weighted by molar-refractivity contribution is -0.145. The maximum absolute atomic E-state index is 13.8. The zero-order valence-electron chi connectivity index (χ0n) is 25.0. The standard InChI is InChI=1S/C32H41N7O4S/c33-30(40)32-17-21-15-22(18-32)29(23(16-21)19-32)35-31(41)39-14-13-38(26-3-1-2-4-27(26)39)24-5-8-28(34-20-24)36-9-11-37(12-10-36)44(42,43)25-6-7-25/h1-5,8,20-23,25,29H,6-7,9-19H2,(H2,33,40)(H,35,41)/t21?,22-,23+,29?,32?.